The predicted molar refractivity (Wildman–Crippen MR) is 120 cm³/mol. The molecule has 0 radical (unpaired) electrons. The Labute approximate surface area is 172 Å². The number of benzene rings is 1. The van der Waals surface area contributed by atoms with E-state index in [0.717, 1.165) is 41.4 Å². The fraction of sp³-hybridized carbons (Fsp3) is 0.304. The SMILES string of the molecule is C[Si](C)(C)CCOC(c1cnn(Cc2ccccc2)c1)c1ccnc2[nH]ccc12. The van der Waals surface area contributed by atoms with Gasteiger partial charge in [0, 0.05) is 44.2 Å². The Balaban J connectivity index is 1.62. The number of ether oxygens (including phenoxy) is 1. The second-order valence-electron chi connectivity index (χ2n) is 8.66. The molecule has 0 spiro atoms. The topological polar surface area (TPSA) is 55.7 Å². The summed E-state index contributed by atoms with van der Waals surface area (Å²) >= 11 is 0. The van der Waals surface area contributed by atoms with E-state index >= 15 is 0 Å². The molecule has 1 atom stereocenters. The number of pyridine rings is 1. The van der Waals surface area contributed by atoms with E-state index < -0.39 is 8.07 Å². The van der Waals surface area contributed by atoms with Gasteiger partial charge in [-0.1, -0.05) is 50.0 Å². The van der Waals surface area contributed by atoms with Gasteiger partial charge in [0.05, 0.1) is 12.7 Å². The van der Waals surface area contributed by atoms with Gasteiger partial charge in [-0.2, -0.15) is 5.10 Å². The lowest BCUT2D eigenvalue weighted by Crippen LogP contribution is -2.22. The number of aromatic amines is 1. The second-order valence-corrected chi connectivity index (χ2v) is 14.3. The van der Waals surface area contributed by atoms with Crippen LogP contribution in [0, 0.1) is 0 Å². The number of nitrogens with zero attached hydrogens (tertiary/aromatic N) is 3. The summed E-state index contributed by atoms with van der Waals surface area (Å²) in [4.78, 5) is 7.64. The van der Waals surface area contributed by atoms with Gasteiger partial charge in [-0.15, -0.1) is 0 Å². The molecule has 0 aliphatic rings. The summed E-state index contributed by atoms with van der Waals surface area (Å²) in [6, 6.07) is 15.6. The zero-order valence-corrected chi connectivity index (χ0v) is 18.3. The van der Waals surface area contributed by atoms with Crippen LogP contribution in [0.4, 0.5) is 0 Å². The van der Waals surface area contributed by atoms with Crippen LogP contribution in [0.1, 0.15) is 22.8 Å². The van der Waals surface area contributed by atoms with Gasteiger partial charge in [0.15, 0.2) is 0 Å². The highest BCUT2D eigenvalue weighted by Crippen LogP contribution is 2.31. The first kappa shape index (κ1) is 19.6. The molecule has 4 aromatic rings. The molecule has 0 fully saturated rings. The minimum Gasteiger partial charge on any atom is -0.369 e. The number of hydrogen-bond donors (Lipinski definition) is 1. The minimum absolute atomic E-state index is 0.155. The number of nitrogens with one attached hydrogen (secondary N) is 1. The lowest BCUT2D eigenvalue weighted by molar-refractivity contribution is 0.0916. The van der Waals surface area contributed by atoms with Gasteiger partial charge in [0.25, 0.3) is 0 Å². The van der Waals surface area contributed by atoms with Crippen molar-refractivity contribution in [1.29, 1.82) is 0 Å². The quantitative estimate of drug-likeness (QED) is 0.408. The number of aromatic nitrogens is 4. The molecular weight excluding hydrogens is 376 g/mol. The molecule has 0 amide bonds. The van der Waals surface area contributed by atoms with Crippen molar-refractivity contribution in [3.05, 3.63) is 83.9 Å². The number of H-pyrrole nitrogens is 1. The van der Waals surface area contributed by atoms with Crippen molar-refractivity contribution in [2.75, 3.05) is 6.61 Å². The molecule has 1 aromatic carbocycles. The van der Waals surface area contributed by atoms with Gasteiger partial charge >= 0.3 is 0 Å². The van der Waals surface area contributed by atoms with Gasteiger partial charge in [0.1, 0.15) is 11.8 Å². The van der Waals surface area contributed by atoms with Crippen LogP contribution in [0.15, 0.2) is 67.3 Å². The Bertz CT molecular complexity index is 1070. The monoisotopic (exact) mass is 404 g/mol. The molecule has 0 aliphatic carbocycles. The van der Waals surface area contributed by atoms with E-state index in [0.29, 0.717) is 0 Å². The average molecular weight is 405 g/mol. The van der Waals surface area contributed by atoms with Gasteiger partial charge in [-0.05, 0) is 29.3 Å². The van der Waals surface area contributed by atoms with Crippen molar-refractivity contribution in [3.8, 4) is 0 Å². The second kappa shape index (κ2) is 8.35. The summed E-state index contributed by atoms with van der Waals surface area (Å²) in [5.41, 5.74) is 4.32. The van der Waals surface area contributed by atoms with Crippen LogP contribution >= 0.6 is 0 Å². The third-order valence-corrected chi connectivity index (χ3v) is 6.76. The normalized spacial score (nSPS) is 13.1. The summed E-state index contributed by atoms with van der Waals surface area (Å²) in [5, 5.41) is 5.70. The highest BCUT2D eigenvalue weighted by Gasteiger charge is 2.22. The standard InChI is InChI=1S/C23H28N4OSi/c1-29(2,3)14-13-28-22(20-9-11-24-23-21(20)10-12-25-23)19-15-26-27(17-19)16-18-7-5-4-6-8-18/h4-12,15,17,22H,13-14,16H2,1-3H3,(H,24,25). The maximum absolute atomic E-state index is 6.47. The lowest BCUT2D eigenvalue weighted by Gasteiger charge is -2.21. The zero-order chi connectivity index (χ0) is 20.3. The molecule has 150 valence electrons. The van der Waals surface area contributed by atoms with E-state index in [4.69, 9.17) is 4.74 Å². The third kappa shape index (κ3) is 4.83. The van der Waals surface area contributed by atoms with Gasteiger partial charge in [-0.25, -0.2) is 4.98 Å². The summed E-state index contributed by atoms with van der Waals surface area (Å²) in [5.74, 6) is 0. The van der Waals surface area contributed by atoms with Crippen LogP contribution < -0.4 is 0 Å². The van der Waals surface area contributed by atoms with Crippen molar-refractivity contribution in [2.45, 2.75) is 38.3 Å². The summed E-state index contributed by atoms with van der Waals surface area (Å²) in [6.07, 6.45) is 7.65. The van der Waals surface area contributed by atoms with Crippen LogP contribution in [0.25, 0.3) is 11.0 Å². The van der Waals surface area contributed by atoms with Gasteiger partial charge < -0.3 is 9.72 Å². The van der Waals surface area contributed by atoms with Crippen molar-refractivity contribution >= 4 is 19.1 Å². The molecule has 4 rings (SSSR count). The molecule has 3 aromatic heterocycles. The average Bonchev–Trinajstić information content (AvgIpc) is 3.34. The molecule has 0 bridgehead atoms. The Morgan fingerprint density at radius 1 is 1.10 bits per heavy atom. The van der Waals surface area contributed by atoms with Gasteiger partial charge in [0.2, 0.25) is 0 Å². The summed E-state index contributed by atoms with van der Waals surface area (Å²) < 4.78 is 8.45. The molecular formula is C23H28N4OSi. The maximum atomic E-state index is 6.47. The van der Waals surface area contributed by atoms with Crippen LogP contribution in [0.2, 0.25) is 25.7 Å². The predicted octanol–water partition coefficient (Wildman–Crippen LogP) is 5.25. The molecule has 0 saturated heterocycles. The fourth-order valence-electron chi connectivity index (χ4n) is 3.43. The Morgan fingerprint density at radius 3 is 2.72 bits per heavy atom. The molecule has 0 saturated carbocycles. The van der Waals surface area contributed by atoms with E-state index in [1.165, 1.54) is 5.56 Å². The minimum atomic E-state index is -1.18. The van der Waals surface area contributed by atoms with Crippen molar-refractivity contribution in [1.82, 2.24) is 19.7 Å². The van der Waals surface area contributed by atoms with E-state index in [-0.39, 0.29) is 6.10 Å². The Hall–Kier alpha value is -2.70. The van der Waals surface area contributed by atoms with E-state index in [1.54, 1.807) is 0 Å². The molecule has 3 heterocycles. The van der Waals surface area contributed by atoms with Gasteiger partial charge in [-0.3, -0.25) is 4.68 Å². The highest BCUT2D eigenvalue weighted by atomic mass is 28.3. The Morgan fingerprint density at radius 2 is 1.93 bits per heavy atom. The smallest absolute Gasteiger partial charge is 0.137 e. The van der Waals surface area contributed by atoms with Crippen LogP contribution in [-0.4, -0.2) is 34.4 Å². The zero-order valence-electron chi connectivity index (χ0n) is 17.3. The number of rotatable bonds is 8. The highest BCUT2D eigenvalue weighted by molar-refractivity contribution is 6.76. The molecule has 1 N–H and O–H groups in total. The molecule has 1 unspecified atom stereocenters. The molecule has 0 aliphatic heterocycles. The summed E-state index contributed by atoms with van der Waals surface area (Å²) in [6.45, 7) is 8.62. The first-order chi connectivity index (χ1) is 14.0. The first-order valence-corrected chi connectivity index (χ1v) is 13.8. The van der Waals surface area contributed by atoms with Crippen LogP contribution in [-0.2, 0) is 11.3 Å². The maximum Gasteiger partial charge on any atom is 0.137 e. The van der Waals surface area contributed by atoms with E-state index in [1.807, 2.05) is 29.3 Å². The van der Waals surface area contributed by atoms with Crippen molar-refractivity contribution in [3.63, 3.8) is 0 Å². The van der Waals surface area contributed by atoms with Crippen LogP contribution in [0.3, 0.4) is 0 Å². The molecule has 6 heteroatoms. The van der Waals surface area contributed by atoms with E-state index in [2.05, 4.69) is 77.3 Å². The fourth-order valence-corrected chi connectivity index (χ4v) is 4.16. The molecule has 5 nitrogen and oxygen atoms in total. The van der Waals surface area contributed by atoms with Crippen LogP contribution in [0.5, 0.6) is 0 Å². The summed E-state index contributed by atoms with van der Waals surface area (Å²) in [7, 11) is -1.18. The largest absolute Gasteiger partial charge is 0.369 e. The van der Waals surface area contributed by atoms with Crippen molar-refractivity contribution < 1.29 is 4.74 Å². The molecule has 29 heavy (non-hydrogen) atoms. The van der Waals surface area contributed by atoms with Crippen molar-refractivity contribution in [2.24, 2.45) is 0 Å². The third-order valence-electron chi connectivity index (χ3n) is 5.06. The first-order valence-electron chi connectivity index (χ1n) is 10.1. The lowest BCUT2D eigenvalue weighted by atomic mass is 10.0. The number of fused-ring (bicyclic) bond motifs is 1. The Kier molecular flexibility index (Phi) is 5.64. The number of hydrogen-bond acceptors (Lipinski definition) is 3. The van der Waals surface area contributed by atoms with E-state index in [9.17, 15) is 0 Å².